The largest absolute Gasteiger partial charge is 0.507 e. The van der Waals surface area contributed by atoms with Gasteiger partial charge in [0.15, 0.2) is 0 Å². The predicted octanol–water partition coefficient (Wildman–Crippen LogP) is -0.507. The molecule has 10 nitrogen and oxygen atoms in total. The van der Waals surface area contributed by atoms with Gasteiger partial charge in [-0.05, 0) is 18.2 Å². The molecule has 0 radical (unpaired) electrons. The summed E-state index contributed by atoms with van der Waals surface area (Å²) in [5, 5.41) is 32.3. The molecule has 0 unspecified atom stereocenters. The summed E-state index contributed by atoms with van der Waals surface area (Å²) in [5.74, 6) is -5.69. The maximum absolute atomic E-state index is 10.6. The van der Waals surface area contributed by atoms with E-state index < -0.39 is 44.2 Å². The van der Waals surface area contributed by atoms with Crippen LogP contribution in [0.25, 0.3) is 0 Å². The van der Waals surface area contributed by atoms with Crippen molar-refractivity contribution in [3.63, 3.8) is 0 Å². The number of aromatic carboxylic acids is 1. The Kier molecular flexibility index (Phi) is 5.63. The molecule has 20 heavy (non-hydrogen) atoms. The van der Waals surface area contributed by atoms with E-state index in [4.69, 9.17) is 34.6 Å². The summed E-state index contributed by atoms with van der Waals surface area (Å²) in [6.45, 7) is 0. The Morgan fingerprint density at radius 1 is 0.950 bits per heavy atom. The molecule has 0 fully saturated rings. The zero-order chi connectivity index (χ0) is 16.1. The molecule has 0 aliphatic carbocycles. The third kappa shape index (κ3) is 5.32. The van der Waals surface area contributed by atoms with E-state index in [0.717, 1.165) is 12.1 Å². The second-order valence-corrected chi connectivity index (χ2v) is 4.49. The highest BCUT2D eigenvalue weighted by molar-refractivity contribution is 7.85. The molecule has 0 atom stereocenters. The smallest absolute Gasteiger partial charge is 0.414 e. The molecule has 0 amide bonds. The van der Waals surface area contributed by atoms with E-state index in [0.29, 0.717) is 6.07 Å². The molecule has 0 bridgehead atoms. The van der Waals surface area contributed by atoms with Gasteiger partial charge in [0.1, 0.15) is 11.3 Å². The third-order valence-electron chi connectivity index (χ3n) is 1.68. The van der Waals surface area contributed by atoms with Crippen LogP contribution in [-0.2, 0) is 19.7 Å². The van der Waals surface area contributed by atoms with Crippen LogP contribution in [0.4, 0.5) is 0 Å². The van der Waals surface area contributed by atoms with E-state index in [1.54, 1.807) is 0 Å². The summed E-state index contributed by atoms with van der Waals surface area (Å²) >= 11 is 0. The number of benzene rings is 1. The second kappa shape index (κ2) is 6.49. The van der Waals surface area contributed by atoms with Crippen LogP contribution in [0, 0.1) is 0 Å². The predicted molar refractivity (Wildman–Crippen MR) is 60.2 cm³/mol. The van der Waals surface area contributed by atoms with Gasteiger partial charge in [-0.3, -0.25) is 4.55 Å². The number of phenols is 1. The summed E-state index contributed by atoms with van der Waals surface area (Å²) in [4.78, 5) is 28.1. The number of hydrogen-bond donors (Lipinski definition) is 5. The van der Waals surface area contributed by atoms with Gasteiger partial charge in [0.05, 0.1) is 4.90 Å². The number of carbonyl (C=O) groups is 3. The van der Waals surface area contributed by atoms with Crippen LogP contribution >= 0.6 is 0 Å². The van der Waals surface area contributed by atoms with Gasteiger partial charge in [0, 0.05) is 0 Å². The van der Waals surface area contributed by atoms with Gasteiger partial charge in [0.2, 0.25) is 0 Å². The summed E-state index contributed by atoms with van der Waals surface area (Å²) < 4.78 is 29.8. The molecule has 11 heteroatoms. The van der Waals surface area contributed by atoms with Crippen molar-refractivity contribution >= 4 is 28.0 Å². The van der Waals surface area contributed by atoms with Crippen LogP contribution in [0.5, 0.6) is 5.75 Å². The first-order valence-corrected chi connectivity index (χ1v) is 5.90. The highest BCUT2D eigenvalue weighted by Gasteiger charge is 2.16. The van der Waals surface area contributed by atoms with Crippen LogP contribution in [0.1, 0.15) is 10.4 Å². The summed E-state index contributed by atoms with van der Waals surface area (Å²) in [6, 6.07) is 2.46. The SMILES string of the molecule is O=C(O)C(=O)O.O=C(O)c1cc(S(=O)(=O)O)ccc1O. The molecule has 0 aromatic heterocycles. The van der Waals surface area contributed by atoms with Crippen molar-refractivity contribution < 1.29 is 47.8 Å². The lowest BCUT2D eigenvalue weighted by atomic mass is 10.2. The first-order valence-electron chi connectivity index (χ1n) is 4.46. The molecule has 0 spiro atoms. The van der Waals surface area contributed by atoms with E-state index in [-0.39, 0.29) is 0 Å². The number of hydrogen-bond acceptors (Lipinski definition) is 6. The van der Waals surface area contributed by atoms with Crippen LogP contribution < -0.4 is 0 Å². The lowest BCUT2D eigenvalue weighted by Gasteiger charge is -2.01. The van der Waals surface area contributed by atoms with Crippen LogP contribution in [-0.4, -0.2) is 51.3 Å². The van der Waals surface area contributed by atoms with E-state index in [1.807, 2.05) is 0 Å². The highest BCUT2D eigenvalue weighted by Crippen LogP contribution is 2.20. The topological polar surface area (TPSA) is 186 Å². The van der Waals surface area contributed by atoms with Gasteiger partial charge in [-0.2, -0.15) is 8.42 Å². The van der Waals surface area contributed by atoms with Gasteiger partial charge < -0.3 is 20.4 Å². The third-order valence-corrected chi connectivity index (χ3v) is 2.53. The molecular weight excluding hydrogens is 300 g/mol. The molecule has 1 rings (SSSR count). The Bertz CT molecular complexity index is 633. The fraction of sp³-hybridized carbons (Fsp3) is 0. The monoisotopic (exact) mass is 308 g/mol. The molecule has 0 heterocycles. The molecule has 5 N–H and O–H groups in total. The van der Waals surface area contributed by atoms with Crippen molar-refractivity contribution in [2.45, 2.75) is 4.90 Å². The van der Waals surface area contributed by atoms with Crippen molar-refractivity contribution in [2.24, 2.45) is 0 Å². The minimum Gasteiger partial charge on any atom is -0.507 e. The minimum absolute atomic E-state index is 0.565. The van der Waals surface area contributed by atoms with Crippen molar-refractivity contribution in [3.8, 4) is 5.75 Å². The van der Waals surface area contributed by atoms with Crippen molar-refractivity contribution in [2.75, 3.05) is 0 Å². The standard InChI is InChI=1S/C7H6O6S.C2H2O4/c8-6-2-1-4(14(11,12)13)3-5(6)7(9)10;3-1(4)2(5)6/h1-3,8H,(H,9,10)(H,11,12,13);(H,3,4)(H,5,6). The lowest BCUT2D eigenvalue weighted by Crippen LogP contribution is -2.09. The Morgan fingerprint density at radius 2 is 1.40 bits per heavy atom. The molecule has 0 aliphatic heterocycles. The second-order valence-electron chi connectivity index (χ2n) is 3.07. The van der Waals surface area contributed by atoms with E-state index in [1.165, 1.54) is 0 Å². The number of carboxylic acids is 3. The van der Waals surface area contributed by atoms with Gasteiger partial charge in [-0.15, -0.1) is 0 Å². The molecular formula is C9H8O10S. The molecule has 0 saturated carbocycles. The van der Waals surface area contributed by atoms with Gasteiger partial charge in [-0.1, -0.05) is 0 Å². The summed E-state index contributed by atoms with van der Waals surface area (Å²) in [7, 11) is -4.45. The van der Waals surface area contributed by atoms with Crippen LogP contribution in [0.15, 0.2) is 23.1 Å². The maximum atomic E-state index is 10.6. The Morgan fingerprint density at radius 3 is 1.70 bits per heavy atom. The van der Waals surface area contributed by atoms with Crippen LogP contribution in [0.2, 0.25) is 0 Å². The maximum Gasteiger partial charge on any atom is 0.414 e. The van der Waals surface area contributed by atoms with E-state index in [2.05, 4.69) is 0 Å². The number of aromatic hydroxyl groups is 1. The fourth-order valence-electron chi connectivity index (χ4n) is 0.847. The van der Waals surface area contributed by atoms with Gasteiger partial charge in [0.25, 0.3) is 10.1 Å². The number of aliphatic carboxylic acids is 2. The number of rotatable bonds is 2. The first-order chi connectivity index (χ1) is 8.96. The molecule has 0 saturated heterocycles. The molecule has 1 aromatic carbocycles. The average molecular weight is 308 g/mol. The Labute approximate surface area is 111 Å². The van der Waals surface area contributed by atoms with Crippen LogP contribution in [0.3, 0.4) is 0 Å². The molecule has 110 valence electrons. The van der Waals surface area contributed by atoms with Crippen molar-refractivity contribution in [1.29, 1.82) is 0 Å². The zero-order valence-electron chi connectivity index (χ0n) is 9.42. The summed E-state index contributed by atoms with van der Waals surface area (Å²) in [6.07, 6.45) is 0. The van der Waals surface area contributed by atoms with Crippen molar-refractivity contribution in [3.05, 3.63) is 23.8 Å². The van der Waals surface area contributed by atoms with E-state index in [9.17, 15) is 13.2 Å². The zero-order valence-corrected chi connectivity index (χ0v) is 10.2. The van der Waals surface area contributed by atoms with Crippen molar-refractivity contribution in [1.82, 2.24) is 0 Å². The quantitative estimate of drug-likeness (QED) is 0.351. The van der Waals surface area contributed by atoms with Gasteiger partial charge in [-0.25, -0.2) is 14.4 Å². The Hall–Kier alpha value is -2.66. The minimum atomic E-state index is -4.45. The number of carboxylic acid groups (broad SMARTS) is 3. The van der Waals surface area contributed by atoms with Gasteiger partial charge >= 0.3 is 17.9 Å². The van der Waals surface area contributed by atoms with E-state index >= 15 is 0 Å². The Balaban J connectivity index is 0.000000511. The molecule has 1 aromatic rings. The lowest BCUT2D eigenvalue weighted by molar-refractivity contribution is -0.159. The average Bonchev–Trinajstić information content (AvgIpc) is 2.28. The molecule has 0 aliphatic rings. The fourth-order valence-corrected chi connectivity index (χ4v) is 1.35. The normalized spacial score (nSPS) is 10.1. The highest BCUT2D eigenvalue weighted by atomic mass is 32.2. The first kappa shape index (κ1) is 17.3. The summed E-state index contributed by atoms with van der Waals surface area (Å²) in [5.41, 5.74) is -0.583.